The number of aliphatic carboxylic acids is 1. The molecule has 0 heterocycles. The van der Waals surface area contributed by atoms with Crippen molar-refractivity contribution in [3.63, 3.8) is 0 Å². The maximum Gasteiger partial charge on any atom is 0.308 e. The molecule has 20 heavy (non-hydrogen) atoms. The van der Waals surface area contributed by atoms with Crippen LogP contribution in [0, 0.1) is 0 Å². The van der Waals surface area contributed by atoms with Crippen molar-refractivity contribution in [2.24, 2.45) is 0 Å². The van der Waals surface area contributed by atoms with Crippen molar-refractivity contribution in [1.29, 1.82) is 0 Å². The van der Waals surface area contributed by atoms with E-state index in [-0.39, 0.29) is 24.0 Å². The summed E-state index contributed by atoms with van der Waals surface area (Å²) in [6.07, 6.45) is -1.03. The third-order valence-corrected chi connectivity index (χ3v) is 7.97. The predicted molar refractivity (Wildman–Crippen MR) is 80.2 cm³/mol. The molecule has 0 saturated carbocycles. The first kappa shape index (κ1) is 19.1. The number of esters is 1. The molecule has 0 saturated heterocycles. The van der Waals surface area contributed by atoms with Crippen molar-refractivity contribution in [3.05, 3.63) is 0 Å². The van der Waals surface area contributed by atoms with Crippen molar-refractivity contribution in [1.82, 2.24) is 0 Å². The Morgan fingerprint density at radius 1 is 1.15 bits per heavy atom. The van der Waals surface area contributed by atoms with Crippen LogP contribution in [-0.4, -0.2) is 37.6 Å². The second kappa shape index (κ2) is 7.22. The van der Waals surface area contributed by atoms with Crippen molar-refractivity contribution in [3.8, 4) is 0 Å². The summed E-state index contributed by atoms with van der Waals surface area (Å²) in [5, 5.41) is 8.93. The van der Waals surface area contributed by atoms with Gasteiger partial charge in [-0.1, -0.05) is 20.8 Å². The molecule has 0 bridgehead atoms. The summed E-state index contributed by atoms with van der Waals surface area (Å²) in [6, 6.07) is 0. The maximum absolute atomic E-state index is 11.7. The number of carboxylic acid groups (broad SMARTS) is 1. The molecule has 0 amide bonds. The smallest absolute Gasteiger partial charge is 0.308 e. The maximum atomic E-state index is 11.7. The van der Waals surface area contributed by atoms with Gasteiger partial charge in [0, 0.05) is 0 Å². The van der Waals surface area contributed by atoms with E-state index in [1.165, 1.54) is 0 Å². The normalized spacial score (nSPS) is 14.2. The van der Waals surface area contributed by atoms with E-state index in [1.807, 2.05) is 13.1 Å². The SMILES string of the molecule is CC(C)OC(=O)C[C@H](CC(=O)O)O[Si](C)(C)C(C)(C)C. The zero-order chi connectivity index (χ0) is 16.1. The van der Waals surface area contributed by atoms with Crippen LogP contribution in [0.2, 0.25) is 18.1 Å². The highest BCUT2D eigenvalue weighted by Crippen LogP contribution is 2.38. The monoisotopic (exact) mass is 304 g/mol. The lowest BCUT2D eigenvalue weighted by Gasteiger charge is -2.38. The van der Waals surface area contributed by atoms with E-state index < -0.39 is 26.4 Å². The topological polar surface area (TPSA) is 72.8 Å². The average Bonchev–Trinajstić information content (AvgIpc) is 2.10. The highest BCUT2D eigenvalue weighted by atomic mass is 28.4. The molecule has 0 aromatic rings. The standard InChI is InChI=1S/C14H28O5Si/c1-10(2)18-13(17)9-11(8-12(15)16)19-20(6,7)14(3,4)5/h10-11H,8-9H2,1-7H3,(H,15,16)/t11-/m0/s1. The number of ether oxygens (including phenoxy) is 1. The molecule has 0 aromatic heterocycles. The second-order valence-electron chi connectivity index (χ2n) is 6.84. The summed E-state index contributed by atoms with van der Waals surface area (Å²) in [4.78, 5) is 22.6. The largest absolute Gasteiger partial charge is 0.481 e. The molecule has 0 rings (SSSR count). The number of hydrogen-bond donors (Lipinski definition) is 1. The Morgan fingerprint density at radius 2 is 1.65 bits per heavy atom. The van der Waals surface area contributed by atoms with Crippen molar-refractivity contribution in [2.45, 2.75) is 77.8 Å². The molecule has 0 unspecified atom stereocenters. The lowest BCUT2D eigenvalue weighted by molar-refractivity contribution is -0.150. The first-order valence-electron chi connectivity index (χ1n) is 6.94. The fourth-order valence-corrected chi connectivity index (χ4v) is 2.79. The van der Waals surface area contributed by atoms with Gasteiger partial charge in [-0.3, -0.25) is 9.59 Å². The number of carbonyl (C=O) groups excluding carboxylic acids is 1. The van der Waals surface area contributed by atoms with E-state index in [4.69, 9.17) is 14.3 Å². The van der Waals surface area contributed by atoms with Crippen LogP contribution in [-0.2, 0) is 18.8 Å². The Bertz CT molecular complexity index is 344. The van der Waals surface area contributed by atoms with Crippen LogP contribution >= 0.6 is 0 Å². The Labute approximate surface area is 122 Å². The van der Waals surface area contributed by atoms with Gasteiger partial charge in [0.1, 0.15) is 0 Å². The summed E-state index contributed by atoms with van der Waals surface area (Å²) >= 11 is 0. The summed E-state index contributed by atoms with van der Waals surface area (Å²) in [7, 11) is -2.11. The number of carbonyl (C=O) groups is 2. The fraction of sp³-hybridized carbons (Fsp3) is 0.857. The van der Waals surface area contributed by atoms with Gasteiger partial charge in [0.2, 0.25) is 0 Å². The summed E-state index contributed by atoms with van der Waals surface area (Å²) in [6.45, 7) is 13.8. The zero-order valence-corrected chi connectivity index (χ0v) is 14.6. The van der Waals surface area contributed by atoms with Gasteiger partial charge in [0.05, 0.1) is 25.0 Å². The molecule has 0 aliphatic carbocycles. The molecule has 118 valence electrons. The Hall–Kier alpha value is -0.883. The molecule has 0 spiro atoms. The molecule has 1 N–H and O–H groups in total. The van der Waals surface area contributed by atoms with Gasteiger partial charge in [0.15, 0.2) is 8.32 Å². The minimum Gasteiger partial charge on any atom is -0.481 e. The lowest BCUT2D eigenvalue weighted by atomic mass is 10.2. The molecule has 0 aliphatic rings. The van der Waals surface area contributed by atoms with Crippen LogP contribution in [0.1, 0.15) is 47.5 Å². The first-order valence-corrected chi connectivity index (χ1v) is 9.85. The van der Waals surface area contributed by atoms with Crippen molar-refractivity contribution < 1.29 is 23.9 Å². The van der Waals surface area contributed by atoms with Crippen LogP contribution in [0.3, 0.4) is 0 Å². The summed E-state index contributed by atoms with van der Waals surface area (Å²) < 4.78 is 11.1. The minimum atomic E-state index is -2.11. The van der Waals surface area contributed by atoms with E-state index in [2.05, 4.69) is 20.8 Å². The van der Waals surface area contributed by atoms with Gasteiger partial charge >= 0.3 is 11.9 Å². The van der Waals surface area contributed by atoms with Gasteiger partial charge in [-0.25, -0.2) is 0 Å². The van der Waals surface area contributed by atoms with Crippen molar-refractivity contribution >= 4 is 20.3 Å². The average molecular weight is 304 g/mol. The van der Waals surface area contributed by atoms with E-state index in [0.717, 1.165) is 0 Å². The van der Waals surface area contributed by atoms with Gasteiger partial charge in [-0.05, 0) is 32.0 Å². The predicted octanol–water partition coefficient (Wildman–Crippen LogP) is 3.19. The molecule has 1 atom stereocenters. The van der Waals surface area contributed by atoms with Gasteiger partial charge in [-0.2, -0.15) is 0 Å². The Balaban J connectivity index is 4.82. The quantitative estimate of drug-likeness (QED) is 0.577. The van der Waals surface area contributed by atoms with Crippen LogP contribution in [0.25, 0.3) is 0 Å². The molecular weight excluding hydrogens is 276 g/mol. The minimum absolute atomic E-state index is 0.0169. The van der Waals surface area contributed by atoms with Gasteiger partial charge < -0.3 is 14.3 Å². The lowest BCUT2D eigenvalue weighted by Crippen LogP contribution is -2.45. The fourth-order valence-electron chi connectivity index (χ4n) is 1.44. The zero-order valence-electron chi connectivity index (χ0n) is 13.6. The van der Waals surface area contributed by atoms with Gasteiger partial charge in [-0.15, -0.1) is 0 Å². The summed E-state index contributed by atoms with van der Waals surface area (Å²) in [5.41, 5.74) is 0. The molecule has 6 heteroatoms. The molecule has 5 nitrogen and oxygen atoms in total. The first-order chi connectivity index (χ1) is 8.85. The third kappa shape index (κ3) is 7.05. The van der Waals surface area contributed by atoms with Crippen LogP contribution in [0.5, 0.6) is 0 Å². The van der Waals surface area contributed by atoms with Crippen LogP contribution < -0.4 is 0 Å². The molecule has 0 fully saturated rings. The summed E-state index contributed by atoms with van der Waals surface area (Å²) in [5.74, 6) is -1.38. The van der Waals surface area contributed by atoms with Crippen LogP contribution in [0.15, 0.2) is 0 Å². The molecule has 0 radical (unpaired) electrons. The molecule has 0 aliphatic heterocycles. The van der Waals surface area contributed by atoms with E-state index in [1.54, 1.807) is 13.8 Å². The van der Waals surface area contributed by atoms with E-state index >= 15 is 0 Å². The van der Waals surface area contributed by atoms with E-state index in [9.17, 15) is 9.59 Å². The second-order valence-corrected chi connectivity index (χ2v) is 11.6. The van der Waals surface area contributed by atoms with Crippen LogP contribution in [0.4, 0.5) is 0 Å². The van der Waals surface area contributed by atoms with Gasteiger partial charge in [0.25, 0.3) is 0 Å². The highest BCUT2D eigenvalue weighted by Gasteiger charge is 2.40. The highest BCUT2D eigenvalue weighted by molar-refractivity contribution is 6.74. The number of hydrogen-bond acceptors (Lipinski definition) is 4. The van der Waals surface area contributed by atoms with E-state index in [0.29, 0.717) is 0 Å². The molecule has 0 aromatic carbocycles. The Morgan fingerprint density at radius 3 is 2.00 bits per heavy atom. The third-order valence-electron chi connectivity index (χ3n) is 3.43. The Kier molecular flexibility index (Phi) is 6.90. The van der Waals surface area contributed by atoms with Crippen molar-refractivity contribution in [2.75, 3.05) is 0 Å². The molecular formula is C14H28O5Si. The number of carboxylic acids is 1. The number of rotatable bonds is 7.